The molecule has 3 rings (SSSR count). The lowest BCUT2D eigenvalue weighted by molar-refractivity contribution is -0.0517. The summed E-state index contributed by atoms with van der Waals surface area (Å²) in [5, 5.41) is 0. The fourth-order valence-corrected chi connectivity index (χ4v) is 4.21. The number of halogens is 3. The lowest BCUT2D eigenvalue weighted by atomic mass is 10.1. The number of rotatable bonds is 5. The number of fused-ring (bicyclic) bond motifs is 1. The number of nitrogens with one attached hydrogen (secondary N) is 1. The highest BCUT2D eigenvalue weighted by atomic mass is 32.2. The minimum atomic E-state index is -4.07. The van der Waals surface area contributed by atoms with Crippen LogP contribution in [0.3, 0.4) is 0 Å². The third-order valence-electron chi connectivity index (χ3n) is 3.83. The second-order valence-electron chi connectivity index (χ2n) is 5.38. The van der Waals surface area contributed by atoms with E-state index in [0.717, 1.165) is 5.56 Å². The third kappa shape index (κ3) is 3.39. The molecule has 0 bridgehead atoms. The molecular formula is C16H14F3NO3S. The summed E-state index contributed by atoms with van der Waals surface area (Å²) in [6.07, 6.45) is 1.01. The summed E-state index contributed by atoms with van der Waals surface area (Å²) in [6, 6.07) is 8.82. The second kappa shape index (κ2) is 6.45. The molecule has 1 unspecified atom stereocenters. The topological polar surface area (TPSA) is 55.4 Å². The van der Waals surface area contributed by atoms with Gasteiger partial charge in [-0.05, 0) is 48.2 Å². The summed E-state index contributed by atoms with van der Waals surface area (Å²) in [5.41, 5.74) is 1.42. The van der Waals surface area contributed by atoms with E-state index >= 15 is 0 Å². The van der Waals surface area contributed by atoms with Crippen LogP contribution in [0.25, 0.3) is 0 Å². The Balaban J connectivity index is 1.89. The molecule has 2 aromatic carbocycles. The van der Waals surface area contributed by atoms with Gasteiger partial charge in [-0.3, -0.25) is 0 Å². The lowest BCUT2D eigenvalue weighted by Gasteiger charge is -2.16. The average Bonchev–Trinajstić information content (AvgIpc) is 2.88. The van der Waals surface area contributed by atoms with E-state index < -0.39 is 28.4 Å². The van der Waals surface area contributed by atoms with Crippen molar-refractivity contribution in [3.63, 3.8) is 0 Å². The monoisotopic (exact) mass is 357 g/mol. The minimum absolute atomic E-state index is 0.360. The predicted molar refractivity (Wildman–Crippen MR) is 80.9 cm³/mol. The zero-order valence-electron chi connectivity index (χ0n) is 12.4. The molecule has 1 atom stereocenters. The van der Waals surface area contributed by atoms with E-state index in [4.69, 9.17) is 0 Å². The first-order valence-corrected chi connectivity index (χ1v) is 8.69. The fourth-order valence-electron chi connectivity index (χ4n) is 2.82. The molecule has 0 saturated carbocycles. The van der Waals surface area contributed by atoms with Crippen LogP contribution < -0.4 is 9.46 Å². The molecule has 24 heavy (non-hydrogen) atoms. The van der Waals surface area contributed by atoms with Gasteiger partial charge in [0, 0.05) is 6.04 Å². The maximum Gasteiger partial charge on any atom is 0.387 e. The van der Waals surface area contributed by atoms with E-state index in [2.05, 4.69) is 9.46 Å². The summed E-state index contributed by atoms with van der Waals surface area (Å²) >= 11 is 0. The Morgan fingerprint density at radius 1 is 1.17 bits per heavy atom. The van der Waals surface area contributed by atoms with Crippen LogP contribution in [0.2, 0.25) is 0 Å². The molecule has 0 amide bonds. The Morgan fingerprint density at radius 3 is 2.67 bits per heavy atom. The summed E-state index contributed by atoms with van der Waals surface area (Å²) in [4.78, 5) is -0.360. The van der Waals surface area contributed by atoms with Crippen LogP contribution in [-0.2, 0) is 16.4 Å². The van der Waals surface area contributed by atoms with Crippen LogP contribution in [0.1, 0.15) is 23.6 Å². The van der Waals surface area contributed by atoms with Gasteiger partial charge < -0.3 is 4.74 Å². The number of benzene rings is 2. The summed E-state index contributed by atoms with van der Waals surface area (Å²) < 4.78 is 70.0. The Morgan fingerprint density at radius 2 is 1.92 bits per heavy atom. The van der Waals surface area contributed by atoms with Gasteiger partial charge in [-0.15, -0.1) is 0 Å². The van der Waals surface area contributed by atoms with Gasteiger partial charge in [-0.2, -0.15) is 8.78 Å². The first-order valence-electron chi connectivity index (χ1n) is 7.21. The number of ether oxygens (including phenoxy) is 1. The van der Waals surface area contributed by atoms with Gasteiger partial charge >= 0.3 is 6.61 Å². The molecule has 1 aliphatic rings. The Kier molecular flexibility index (Phi) is 4.51. The lowest BCUT2D eigenvalue weighted by Crippen LogP contribution is -2.28. The van der Waals surface area contributed by atoms with Gasteiger partial charge in [-0.25, -0.2) is 17.5 Å². The van der Waals surface area contributed by atoms with Crippen molar-refractivity contribution < 1.29 is 26.3 Å². The number of hydrogen-bond donors (Lipinski definition) is 1. The Labute approximate surface area is 137 Å². The highest BCUT2D eigenvalue weighted by Gasteiger charge is 2.29. The van der Waals surface area contributed by atoms with Crippen LogP contribution in [0, 0.1) is 5.82 Å². The van der Waals surface area contributed by atoms with E-state index in [-0.39, 0.29) is 10.7 Å². The van der Waals surface area contributed by atoms with Gasteiger partial charge in [0.2, 0.25) is 10.0 Å². The first-order chi connectivity index (χ1) is 11.4. The molecule has 0 aliphatic heterocycles. The first kappa shape index (κ1) is 16.8. The van der Waals surface area contributed by atoms with Crippen molar-refractivity contribution in [2.75, 3.05) is 0 Å². The quantitative estimate of drug-likeness (QED) is 0.892. The average molecular weight is 357 g/mol. The van der Waals surface area contributed by atoms with Crippen molar-refractivity contribution >= 4 is 10.0 Å². The van der Waals surface area contributed by atoms with Crippen LogP contribution >= 0.6 is 0 Å². The van der Waals surface area contributed by atoms with Crippen LogP contribution in [0.15, 0.2) is 47.4 Å². The molecule has 0 radical (unpaired) electrons. The zero-order chi connectivity index (χ0) is 17.3. The maximum absolute atomic E-state index is 13.2. The van der Waals surface area contributed by atoms with Gasteiger partial charge in [0.1, 0.15) is 16.5 Å². The molecule has 0 aromatic heterocycles. The van der Waals surface area contributed by atoms with Crippen LogP contribution in [0.5, 0.6) is 5.75 Å². The maximum atomic E-state index is 13.2. The number of aryl methyl sites for hydroxylation is 1. The molecule has 2 aromatic rings. The van der Waals surface area contributed by atoms with Crippen molar-refractivity contribution in [2.24, 2.45) is 0 Å². The third-order valence-corrected chi connectivity index (χ3v) is 5.35. The normalized spacial score (nSPS) is 17.1. The van der Waals surface area contributed by atoms with Gasteiger partial charge in [0.15, 0.2) is 0 Å². The van der Waals surface area contributed by atoms with Gasteiger partial charge in [-0.1, -0.05) is 18.2 Å². The smallest absolute Gasteiger partial charge is 0.387 e. The molecule has 1 N–H and O–H groups in total. The molecule has 128 valence electrons. The summed E-state index contributed by atoms with van der Waals surface area (Å²) in [7, 11) is -4.07. The summed E-state index contributed by atoms with van der Waals surface area (Å²) in [6.45, 7) is -3.13. The fraction of sp³-hybridized carbons (Fsp3) is 0.250. The molecule has 1 aliphatic carbocycles. The minimum Gasteiger partial charge on any atom is -0.433 e. The SMILES string of the molecule is O=S(=O)(NC1CCc2cc(F)ccc21)c1ccccc1OC(F)F. The van der Waals surface area contributed by atoms with Gasteiger partial charge in [0.05, 0.1) is 0 Å². The van der Waals surface area contributed by atoms with E-state index in [1.807, 2.05) is 0 Å². The molecule has 0 spiro atoms. The van der Waals surface area contributed by atoms with Crippen molar-refractivity contribution in [3.8, 4) is 5.75 Å². The van der Waals surface area contributed by atoms with Crippen molar-refractivity contribution in [1.29, 1.82) is 0 Å². The molecular weight excluding hydrogens is 343 g/mol. The number of hydrogen-bond acceptors (Lipinski definition) is 3. The Bertz CT molecular complexity index is 855. The summed E-state index contributed by atoms with van der Waals surface area (Å²) in [5.74, 6) is -0.801. The van der Waals surface area contributed by atoms with E-state index in [9.17, 15) is 21.6 Å². The molecule has 4 nitrogen and oxygen atoms in total. The largest absolute Gasteiger partial charge is 0.433 e. The molecule has 0 saturated heterocycles. The number of para-hydroxylation sites is 1. The predicted octanol–water partition coefficient (Wildman–Crippen LogP) is 3.39. The van der Waals surface area contributed by atoms with E-state index in [0.29, 0.717) is 18.4 Å². The van der Waals surface area contributed by atoms with Crippen LogP contribution in [0.4, 0.5) is 13.2 Å². The van der Waals surface area contributed by atoms with E-state index in [1.165, 1.54) is 42.5 Å². The highest BCUT2D eigenvalue weighted by molar-refractivity contribution is 7.89. The van der Waals surface area contributed by atoms with Crippen LogP contribution in [-0.4, -0.2) is 15.0 Å². The van der Waals surface area contributed by atoms with Crippen molar-refractivity contribution in [2.45, 2.75) is 30.4 Å². The van der Waals surface area contributed by atoms with Crippen molar-refractivity contribution in [1.82, 2.24) is 4.72 Å². The highest BCUT2D eigenvalue weighted by Crippen LogP contribution is 2.34. The molecule has 0 fully saturated rings. The van der Waals surface area contributed by atoms with E-state index in [1.54, 1.807) is 0 Å². The second-order valence-corrected chi connectivity index (χ2v) is 7.06. The molecule has 8 heteroatoms. The van der Waals surface area contributed by atoms with Gasteiger partial charge in [0.25, 0.3) is 0 Å². The number of alkyl halides is 2. The number of sulfonamides is 1. The molecule has 0 heterocycles. The zero-order valence-corrected chi connectivity index (χ0v) is 13.2. The van der Waals surface area contributed by atoms with Crippen molar-refractivity contribution in [3.05, 3.63) is 59.4 Å². The standard InChI is InChI=1S/C16H14F3NO3S/c17-11-6-7-12-10(9-11)5-8-13(12)20-24(21,22)15-4-2-1-3-14(15)23-16(18)19/h1-4,6-7,9,13,16,20H,5,8H2. The Hall–Kier alpha value is -2.06.